The van der Waals surface area contributed by atoms with Crippen LogP contribution in [-0.2, 0) is 16.4 Å². The van der Waals surface area contributed by atoms with Crippen molar-refractivity contribution in [1.82, 2.24) is 9.97 Å². The van der Waals surface area contributed by atoms with E-state index in [1.807, 2.05) is 17.1 Å². The van der Waals surface area contributed by atoms with E-state index in [9.17, 15) is 18.0 Å². The van der Waals surface area contributed by atoms with Crippen molar-refractivity contribution in [2.24, 2.45) is 0 Å². The van der Waals surface area contributed by atoms with Crippen LogP contribution in [0.2, 0.25) is 0 Å². The first kappa shape index (κ1) is 13.6. The minimum atomic E-state index is -4.03. The smallest absolute Gasteiger partial charge is 0.313 e. The summed E-state index contributed by atoms with van der Waals surface area (Å²) in [6.45, 7) is 1.78. The average Bonchev–Trinajstić information content (AvgIpc) is 2.74. The van der Waals surface area contributed by atoms with Crippen LogP contribution in [0.25, 0.3) is 0 Å². The minimum Gasteiger partial charge on any atom is -0.313 e. The second-order valence-electron chi connectivity index (χ2n) is 4.92. The number of aromatic nitrogens is 2. The van der Waals surface area contributed by atoms with Gasteiger partial charge in [0, 0.05) is 12.2 Å². The molecular formula is C13H13N3O4S. The zero-order valence-electron chi connectivity index (χ0n) is 11.2. The van der Waals surface area contributed by atoms with Crippen molar-refractivity contribution in [1.29, 1.82) is 0 Å². The Morgan fingerprint density at radius 3 is 2.67 bits per heavy atom. The normalized spacial score (nSPS) is 17.8. The van der Waals surface area contributed by atoms with Crippen molar-refractivity contribution in [3.63, 3.8) is 0 Å². The lowest BCUT2D eigenvalue weighted by Crippen LogP contribution is -2.39. The molecule has 1 aromatic carbocycles. The van der Waals surface area contributed by atoms with Gasteiger partial charge in [0.1, 0.15) is 0 Å². The molecular weight excluding hydrogens is 294 g/mol. The molecule has 0 radical (unpaired) electrons. The van der Waals surface area contributed by atoms with Gasteiger partial charge in [-0.25, -0.2) is 13.2 Å². The zero-order valence-corrected chi connectivity index (χ0v) is 12.0. The third-order valence-corrected chi connectivity index (χ3v) is 5.40. The van der Waals surface area contributed by atoms with Gasteiger partial charge < -0.3 is 4.98 Å². The molecule has 1 aliphatic heterocycles. The topological polar surface area (TPSA) is 103 Å². The van der Waals surface area contributed by atoms with Gasteiger partial charge in [0.25, 0.3) is 15.6 Å². The molecule has 1 atom stereocenters. The Balaban J connectivity index is 2.19. The van der Waals surface area contributed by atoms with Gasteiger partial charge in [-0.1, -0.05) is 18.2 Å². The van der Waals surface area contributed by atoms with Gasteiger partial charge in [0.05, 0.1) is 5.69 Å². The highest BCUT2D eigenvalue weighted by molar-refractivity contribution is 7.92. The minimum absolute atomic E-state index is 0.293. The Labute approximate surface area is 120 Å². The van der Waals surface area contributed by atoms with Crippen molar-refractivity contribution < 1.29 is 8.42 Å². The number of nitrogens with zero attached hydrogens (tertiary/aromatic N) is 1. The lowest BCUT2D eigenvalue weighted by molar-refractivity contribution is 0.582. The van der Waals surface area contributed by atoms with Crippen molar-refractivity contribution in [3.8, 4) is 0 Å². The van der Waals surface area contributed by atoms with E-state index in [1.54, 1.807) is 19.1 Å². The van der Waals surface area contributed by atoms with Crippen LogP contribution in [0.1, 0.15) is 12.5 Å². The van der Waals surface area contributed by atoms with Gasteiger partial charge in [-0.3, -0.25) is 14.1 Å². The second kappa shape index (κ2) is 4.59. The standard InChI is InChI=1S/C13H13N3O4S/c1-8-6-9-4-2-3-5-10(9)16(8)21(19,20)11-7-14-13(18)15-12(11)17/h2-5,7-8H,6H2,1H3,(H2,14,15,17,18). The van der Waals surface area contributed by atoms with E-state index in [0.29, 0.717) is 12.1 Å². The molecule has 8 heteroatoms. The molecule has 0 saturated heterocycles. The number of hydrogen-bond acceptors (Lipinski definition) is 4. The molecule has 1 unspecified atom stereocenters. The first-order chi connectivity index (χ1) is 9.91. The molecule has 110 valence electrons. The number of fused-ring (bicyclic) bond motifs is 1. The predicted molar refractivity (Wildman–Crippen MR) is 77.0 cm³/mol. The maximum atomic E-state index is 12.7. The van der Waals surface area contributed by atoms with E-state index < -0.39 is 26.2 Å². The highest BCUT2D eigenvalue weighted by Crippen LogP contribution is 2.35. The van der Waals surface area contributed by atoms with Crippen LogP contribution < -0.4 is 15.6 Å². The number of aromatic amines is 2. The van der Waals surface area contributed by atoms with Gasteiger partial charge in [0.2, 0.25) is 0 Å². The number of rotatable bonds is 2. The average molecular weight is 307 g/mol. The van der Waals surface area contributed by atoms with E-state index >= 15 is 0 Å². The number of sulfonamides is 1. The van der Waals surface area contributed by atoms with Gasteiger partial charge in [-0.05, 0) is 25.0 Å². The molecule has 2 aromatic rings. The Bertz CT molecular complexity index is 913. The molecule has 0 saturated carbocycles. The van der Waals surface area contributed by atoms with Crippen molar-refractivity contribution >= 4 is 15.7 Å². The monoisotopic (exact) mass is 307 g/mol. The summed E-state index contributed by atoms with van der Waals surface area (Å²) in [6, 6.07) is 6.86. The summed E-state index contributed by atoms with van der Waals surface area (Å²) < 4.78 is 26.7. The number of para-hydroxylation sites is 1. The molecule has 2 N–H and O–H groups in total. The molecule has 0 amide bonds. The molecule has 0 spiro atoms. The van der Waals surface area contributed by atoms with Gasteiger partial charge in [-0.15, -0.1) is 0 Å². The van der Waals surface area contributed by atoms with Crippen molar-refractivity contribution in [3.05, 3.63) is 56.9 Å². The Morgan fingerprint density at radius 1 is 1.24 bits per heavy atom. The van der Waals surface area contributed by atoms with E-state index in [2.05, 4.69) is 4.98 Å². The highest BCUT2D eigenvalue weighted by Gasteiger charge is 2.37. The fourth-order valence-corrected chi connectivity index (χ4v) is 4.29. The van der Waals surface area contributed by atoms with Crippen LogP contribution in [0.4, 0.5) is 5.69 Å². The van der Waals surface area contributed by atoms with E-state index in [-0.39, 0.29) is 6.04 Å². The molecule has 1 aliphatic rings. The van der Waals surface area contributed by atoms with Crippen LogP contribution in [0.5, 0.6) is 0 Å². The molecule has 0 fully saturated rings. The van der Waals surface area contributed by atoms with Crippen LogP contribution in [-0.4, -0.2) is 24.4 Å². The maximum Gasteiger partial charge on any atom is 0.325 e. The lowest BCUT2D eigenvalue weighted by Gasteiger charge is -2.23. The molecule has 21 heavy (non-hydrogen) atoms. The second-order valence-corrected chi connectivity index (χ2v) is 6.70. The number of H-pyrrole nitrogens is 2. The number of hydrogen-bond donors (Lipinski definition) is 2. The van der Waals surface area contributed by atoms with Crippen LogP contribution >= 0.6 is 0 Å². The van der Waals surface area contributed by atoms with Gasteiger partial charge in [-0.2, -0.15) is 0 Å². The Morgan fingerprint density at radius 2 is 1.95 bits per heavy atom. The fraction of sp³-hybridized carbons (Fsp3) is 0.231. The predicted octanol–water partition coefficient (Wildman–Crippen LogP) is 0.203. The van der Waals surface area contributed by atoms with Crippen molar-refractivity contribution in [2.75, 3.05) is 4.31 Å². The molecule has 2 heterocycles. The fourth-order valence-electron chi connectivity index (χ4n) is 2.60. The first-order valence-electron chi connectivity index (χ1n) is 6.35. The van der Waals surface area contributed by atoms with Crippen molar-refractivity contribution in [2.45, 2.75) is 24.3 Å². The number of nitrogens with one attached hydrogen (secondary N) is 2. The lowest BCUT2D eigenvalue weighted by atomic mass is 10.1. The zero-order chi connectivity index (χ0) is 15.2. The van der Waals surface area contributed by atoms with Gasteiger partial charge in [0.15, 0.2) is 4.90 Å². The molecule has 1 aromatic heterocycles. The molecule has 3 rings (SSSR count). The number of benzene rings is 1. The summed E-state index contributed by atoms with van der Waals surface area (Å²) in [5.74, 6) is 0. The molecule has 0 aliphatic carbocycles. The Hall–Kier alpha value is -2.35. The SMILES string of the molecule is CC1Cc2ccccc2N1S(=O)(=O)c1c[nH]c(=O)[nH]c1=O. The van der Waals surface area contributed by atoms with Crippen LogP contribution in [0.15, 0.2) is 44.9 Å². The third kappa shape index (κ3) is 2.07. The summed E-state index contributed by atoms with van der Waals surface area (Å²) in [7, 11) is -4.03. The molecule has 0 bridgehead atoms. The van der Waals surface area contributed by atoms with E-state index in [1.165, 1.54) is 4.31 Å². The van der Waals surface area contributed by atoms with Crippen LogP contribution in [0.3, 0.4) is 0 Å². The molecule has 7 nitrogen and oxygen atoms in total. The quantitative estimate of drug-likeness (QED) is 0.827. The summed E-state index contributed by atoms with van der Waals surface area (Å²) in [4.78, 5) is 26.5. The Kier molecular flexibility index (Phi) is 2.98. The van der Waals surface area contributed by atoms with Crippen LogP contribution in [0, 0.1) is 0 Å². The van der Waals surface area contributed by atoms with Gasteiger partial charge >= 0.3 is 5.69 Å². The summed E-state index contributed by atoms with van der Waals surface area (Å²) >= 11 is 0. The largest absolute Gasteiger partial charge is 0.325 e. The summed E-state index contributed by atoms with van der Waals surface area (Å²) in [5.41, 5.74) is -0.186. The van der Waals surface area contributed by atoms with E-state index in [0.717, 1.165) is 11.8 Å². The summed E-state index contributed by atoms with van der Waals surface area (Å²) in [5, 5.41) is 0. The first-order valence-corrected chi connectivity index (χ1v) is 7.79. The van der Waals surface area contributed by atoms with E-state index in [4.69, 9.17) is 0 Å². The highest BCUT2D eigenvalue weighted by atomic mass is 32.2. The third-order valence-electron chi connectivity index (χ3n) is 3.47. The summed E-state index contributed by atoms with van der Waals surface area (Å²) in [6.07, 6.45) is 1.51. The number of anilines is 1. The maximum absolute atomic E-state index is 12.7.